The van der Waals surface area contributed by atoms with Gasteiger partial charge in [-0.2, -0.15) is 0 Å². The lowest BCUT2D eigenvalue weighted by Crippen LogP contribution is -2.06. The van der Waals surface area contributed by atoms with E-state index in [4.69, 9.17) is 15.2 Å². The van der Waals surface area contributed by atoms with Crippen LogP contribution < -0.4 is 11.1 Å². The lowest BCUT2D eigenvalue weighted by Gasteiger charge is -2.10. The number of nitrogens with zero attached hydrogens (tertiary/aromatic N) is 1. The van der Waals surface area contributed by atoms with Crippen LogP contribution in [-0.2, 0) is 9.47 Å². The van der Waals surface area contributed by atoms with Gasteiger partial charge in [0.1, 0.15) is 0 Å². The molecule has 21 heavy (non-hydrogen) atoms. The van der Waals surface area contributed by atoms with E-state index in [1.54, 1.807) is 13.3 Å². The van der Waals surface area contributed by atoms with Crippen LogP contribution in [0.4, 0.5) is 11.4 Å². The smallest absolute Gasteiger partial charge is 0.0953 e. The number of rotatable bonds is 9. The third-order valence-corrected chi connectivity index (χ3v) is 3.27. The van der Waals surface area contributed by atoms with Gasteiger partial charge >= 0.3 is 0 Å². The van der Waals surface area contributed by atoms with E-state index in [0.717, 1.165) is 48.3 Å². The molecule has 0 aliphatic heterocycles. The number of aromatic nitrogens is 1. The Labute approximate surface area is 125 Å². The van der Waals surface area contributed by atoms with Gasteiger partial charge in [0.25, 0.3) is 0 Å². The summed E-state index contributed by atoms with van der Waals surface area (Å²) in [5.74, 6) is 0. The number of pyridine rings is 1. The molecule has 3 N–H and O–H groups in total. The van der Waals surface area contributed by atoms with Gasteiger partial charge in [-0.1, -0.05) is 0 Å². The third-order valence-electron chi connectivity index (χ3n) is 3.27. The molecule has 0 atom stereocenters. The summed E-state index contributed by atoms with van der Waals surface area (Å²) < 4.78 is 10.4. The van der Waals surface area contributed by atoms with Gasteiger partial charge in [-0.15, -0.1) is 0 Å². The standard InChI is InChI=1S/C16H23N3O2/c1-20-11-12-21-10-3-2-8-18-15-7-6-14(17)13-5-4-9-19-16(13)15/h4-7,9,18H,2-3,8,10-12,17H2,1H3. The summed E-state index contributed by atoms with van der Waals surface area (Å²) in [5, 5.41) is 4.41. The predicted molar refractivity (Wildman–Crippen MR) is 86.6 cm³/mol. The van der Waals surface area contributed by atoms with Crippen LogP contribution >= 0.6 is 0 Å². The number of nitrogens with two attached hydrogens (primary N) is 1. The predicted octanol–water partition coefficient (Wildman–Crippen LogP) is 2.67. The number of nitrogen functional groups attached to an aromatic ring is 1. The Bertz CT molecular complexity index is 560. The molecule has 0 aliphatic carbocycles. The molecule has 0 bridgehead atoms. The highest BCUT2D eigenvalue weighted by atomic mass is 16.5. The Kier molecular flexibility index (Phi) is 6.24. The molecule has 1 aromatic heterocycles. The van der Waals surface area contributed by atoms with Crippen molar-refractivity contribution in [3.05, 3.63) is 30.5 Å². The number of methoxy groups -OCH3 is 1. The van der Waals surface area contributed by atoms with Crippen molar-refractivity contribution in [1.82, 2.24) is 4.98 Å². The average molecular weight is 289 g/mol. The van der Waals surface area contributed by atoms with Crippen molar-refractivity contribution in [3.63, 3.8) is 0 Å². The average Bonchev–Trinajstić information content (AvgIpc) is 2.52. The maximum atomic E-state index is 5.96. The minimum atomic E-state index is 0.654. The molecule has 2 aromatic rings. The van der Waals surface area contributed by atoms with Crippen LogP contribution in [0.25, 0.3) is 10.9 Å². The molecule has 5 nitrogen and oxygen atoms in total. The van der Waals surface area contributed by atoms with Crippen molar-refractivity contribution in [2.75, 3.05) is 44.5 Å². The molecule has 0 radical (unpaired) electrons. The van der Waals surface area contributed by atoms with E-state index >= 15 is 0 Å². The van der Waals surface area contributed by atoms with E-state index in [-0.39, 0.29) is 0 Å². The number of benzene rings is 1. The van der Waals surface area contributed by atoms with E-state index in [9.17, 15) is 0 Å². The van der Waals surface area contributed by atoms with Crippen LogP contribution in [-0.4, -0.2) is 38.5 Å². The summed E-state index contributed by atoms with van der Waals surface area (Å²) in [6, 6.07) is 7.80. The highest BCUT2D eigenvalue weighted by Gasteiger charge is 2.04. The molecule has 2 rings (SSSR count). The summed E-state index contributed by atoms with van der Waals surface area (Å²) in [7, 11) is 1.68. The number of unbranched alkanes of at least 4 members (excludes halogenated alkanes) is 1. The Hall–Kier alpha value is -1.85. The molecule has 0 spiro atoms. The third kappa shape index (κ3) is 4.58. The SMILES string of the molecule is COCCOCCCCNc1ccc(N)c2cccnc12. The molecule has 5 heteroatoms. The van der Waals surface area contributed by atoms with Gasteiger partial charge in [0.05, 0.1) is 24.4 Å². The molecule has 0 aliphatic rings. The molecule has 0 unspecified atom stereocenters. The van der Waals surface area contributed by atoms with Crippen molar-refractivity contribution in [2.24, 2.45) is 0 Å². The quantitative estimate of drug-likeness (QED) is 0.548. The summed E-state index contributed by atoms with van der Waals surface area (Å²) in [5.41, 5.74) is 8.68. The number of hydrogen-bond acceptors (Lipinski definition) is 5. The molecule has 0 fully saturated rings. The van der Waals surface area contributed by atoms with Crippen LogP contribution in [0.3, 0.4) is 0 Å². The first-order chi connectivity index (χ1) is 10.3. The highest BCUT2D eigenvalue weighted by Crippen LogP contribution is 2.26. The summed E-state index contributed by atoms with van der Waals surface area (Å²) in [4.78, 5) is 4.41. The van der Waals surface area contributed by atoms with E-state index in [2.05, 4.69) is 10.3 Å². The fourth-order valence-electron chi connectivity index (χ4n) is 2.13. The first-order valence-corrected chi connectivity index (χ1v) is 7.26. The van der Waals surface area contributed by atoms with E-state index in [1.807, 2.05) is 24.3 Å². The van der Waals surface area contributed by atoms with Gasteiger partial charge in [-0.25, -0.2) is 0 Å². The number of ether oxygens (including phenoxy) is 2. The zero-order valence-electron chi connectivity index (χ0n) is 12.5. The van der Waals surface area contributed by atoms with Crippen LogP contribution in [0.15, 0.2) is 30.5 Å². The van der Waals surface area contributed by atoms with Crippen LogP contribution in [0.2, 0.25) is 0 Å². The molecule has 114 valence electrons. The first-order valence-electron chi connectivity index (χ1n) is 7.26. The minimum Gasteiger partial charge on any atom is -0.398 e. The molecule has 1 heterocycles. The monoisotopic (exact) mass is 289 g/mol. The summed E-state index contributed by atoms with van der Waals surface area (Å²) >= 11 is 0. The molecule has 0 saturated carbocycles. The lowest BCUT2D eigenvalue weighted by molar-refractivity contribution is 0.0691. The van der Waals surface area contributed by atoms with Gasteiger partial charge in [0.2, 0.25) is 0 Å². The Morgan fingerprint density at radius 3 is 2.90 bits per heavy atom. The van der Waals surface area contributed by atoms with Crippen molar-refractivity contribution < 1.29 is 9.47 Å². The Morgan fingerprint density at radius 1 is 1.14 bits per heavy atom. The number of hydrogen-bond donors (Lipinski definition) is 2. The van der Waals surface area contributed by atoms with E-state index < -0.39 is 0 Å². The maximum Gasteiger partial charge on any atom is 0.0953 e. The van der Waals surface area contributed by atoms with Crippen molar-refractivity contribution in [1.29, 1.82) is 0 Å². The number of fused-ring (bicyclic) bond motifs is 1. The maximum absolute atomic E-state index is 5.96. The zero-order valence-corrected chi connectivity index (χ0v) is 12.5. The fraction of sp³-hybridized carbons (Fsp3) is 0.438. The summed E-state index contributed by atoms with van der Waals surface area (Å²) in [6.45, 7) is 2.98. The minimum absolute atomic E-state index is 0.654. The van der Waals surface area contributed by atoms with Gasteiger partial charge in [0, 0.05) is 37.5 Å². The first kappa shape index (κ1) is 15.5. The van der Waals surface area contributed by atoms with Crippen molar-refractivity contribution in [3.8, 4) is 0 Å². The lowest BCUT2D eigenvalue weighted by atomic mass is 10.1. The molecule has 1 aromatic carbocycles. The van der Waals surface area contributed by atoms with Crippen molar-refractivity contribution >= 4 is 22.3 Å². The van der Waals surface area contributed by atoms with Crippen LogP contribution in [0.5, 0.6) is 0 Å². The normalized spacial score (nSPS) is 10.9. The van der Waals surface area contributed by atoms with Gasteiger partial charge in [-0.3, -0.25) is 4.98 Å². The second kappa shape index (κ2) is 8.44. The molecule has 0 saturated heterocycles. The van der Waals surface area contributed by atoms with Gasteiger partial charge in [0.15, 0.2) is 0 Å². The topological polar surface area (TPSA) is 69.4 Å². The number of nitrogens with one attached hydrogen (secondary N) is 1. The Morgan fingerprint density at radius 2 is 2.05 bits per heavy atom. The van der Waals surface area contributed by atoms with Gasteiger partial charge < -0.3 is 20.5 Å². The van der Waals surface area contributed by atoms with Crippen molar-refractivity contribution in [2.45, 2.75) is 12.8 Å². The summed E-state index contributed by atoms with van der Waals surface area (Å²) in [6.07, 6.45) is 3.86. The largest absolute Gasteiger partial charge is 0.398 e. The molecule has 0 amide bonds. The number of anilines is 2. The molecular weight excluding hydrogens is 266 g/mol. The van der Waals surface area contributed by atoms with Crippen LogP contribution in [0, 0.1) is 0 Å². The second-order valence-corrected chi connectivity index (χ2v) is 4.84. The van der Waals surface area contributed by atoms with E-state index in [1.165, 1.54) is 0 Å². The molecular formula is C16H23N3O2. The fourth-order valence-corrected chi connectivity index (χ4v) is 2.13. The van der Waals surface area contributed by atoms with Crippen LogP contribution in [0.1, 0.15) is 12.8 Å². The van der Waals surface area contributed by atoms with Gasteiger partial charge in [-0.05, 0) is 37.1 Å². The second-order valence-electron chi connectivity index (χ2n) is 4.84. The Balaban J connectivity index is 1.78. The van der Waals surface area contributed by atoms with E-state index in [0.29, 0.717) is 13.2 Å². The highest BCUT2D eigenvalue weighted by molar-refractivity contribution is 5.98. The zero-order chi connectivity index (χ0) is 14.9.